The van der Waals surface area contributed by atoms with Crippen LogP contribution in [0.3, 0.4) is 0 Å². The van der Waals surface area contributed by atoms with E-state index in [0.717, 1.165) is 22.3 Å². The van der Waals surface area contributed by atoms with E-state index in [9.17, 15) is 21.6 Å². The second kappa shape index (κ2) is 6.90. The molecule has 0 radical (unpaired) electrons. The summed E-state index contributed by atoms with van der Waals surface area (Å²) in [7, 11) is -8.70. The fourth-order valence-corrected chi connectivity index (χ4v) is 7.10. The molecule has 3 nitrogen and oxygen atoms in total. The van der Waals surface area contributed by atoms with Crippen LogP contribution in [0.15, 0.2) is 46.2 Å². The number of hydrogen-bond acceptors (Lipinski definition) is 3. The molecule has 2 aromatic rings. The fraction of sp³-hybridized carbons (Fsp3) is 0.333. The molecule has 0 saturated carbocycles. The monoisotopic (exact) mass is 406 g/mol. The third-order valence-corrected chi connectivity index (χ3v) is 9.36. The van der Waals surface area contributed by atoms with Crippen molar-refractivity contribution in [3.05, 3.63) is 58.7 Å². The summed E-state index contributed by atoms with van der Waals surface area (Å²) < 4.78 is 67.7. The first kappa shape index (κ1) is 20.8. The molecule has 0 aliphatic carbocycles. The molecule has 0 bridgehead atoms. The van der Waals surface area contributed by atoms with Crippen molar-refractivity contribution >= 4 is 20.4 Å². The van der Waals surface area contributed by atoms with Crippen LogP contribution in [0.2, 0.25) is 0 Å². The minimum Gasteiger partial charge on any atom is -0.204 e. The molecule has 2 aromatic carbocycles. The standard InChI is InChI=1S/C18H21F3O3S2/c1-12-11-17(15(4)14(3)13(12)2)25(5,16-9-7-6-8-10-16)24-26(22,23)18(19,20)21/h6-11H,1-5H3. The van der Waals surface area contributed by atoms with Crippen LogP contribution in [0.4, 0.5) is 13.2 Å². The minimum atomic E-state index is -5.77. The molecule has 0 aromatic heterocycles. The molecule has 0 saturated heterocycles. The smallest absolute Gasteiger partial charge is 0.204 e. The van der Waals surface area contributed by atoms with E-state index in [0.29, 0.717) is 9.79 Å². The highest BCUT2D eigenvalue weighted by atomic mass is 32.3. The lowest BCUT2D eigenvalue weighted by Crippen LogP contribution is -2.27. The van der Waals surface area contributed by atoms with Crippen LogP contribution in [0, 0.1) is 27.7 Å². The highest BCUT2D eigenvalue weighted by Gasteiger charge is 2.51. The molecule has 0 aliphatic rings. The molecule has 0 N–H and O–H groups in total. The van der Waals surface area contributed by atoms with Crippen LogP contribution in [-0.4, -0.2) is 20.2 Å². The number of rotatable bonds is 4. The topological polar surface area (TPSA) is 43.4 Å². The van der Waals surface area contributed by atoms with Gasteiger partial charge in [-0.2, -0.15) is 21.6 Å². The van der Waals surface area contributed by atoms with E-state index in [1.165, 1.54) is 6.26 Å². The van der Waals surface area contributed by atoms with Crippen LogP contribution < -0.4 is 0 Å². The van der Waals surface area contributed by atoms with Gasteiger partial charge in [-0.15, -0.1) is 0 Å². The predicted molar refractivity (Wildman–Crippen MR) is 97.9 cm³/mol. The molecule has 1 unspecified atom stereocenters. The molecule has 144 valence electrons. The van der Waals surface area contributed by atoms with Gasteiger partial charge in [-0.05, 0) is 74.4 Å². The van der Waals surface area contributed by atoms with Crippen LogP contribution >= 0.6 is 10.3 Å². The highest BCUT2D eigenvalue weighted by molar-refractivity contribution is 8.32. The SMILES string of the molecule is Cc1cc(S(C)(OS(=O)(=O)C(F)(F)F)c2ccccc2)c(C)c(C)c1C. The van der Waals surface area contributed by atoms with Gasteiger partial charge in [0.1, 0.15) is 0 Å². The van der Waals surface area contributed by atoms with Gasteiger partial charge in [0, 0.05) is 9.79 Å². The first-order valence-electron chi connectivity index (χ1n) is 7.74. The first-order chi connectivity index (χ1) is 11.8. The second-order valence-corrected chi connectivity index (χ2v) is 10.7. The van der Waals surface area contributed by atoms with Gasteiger partial charge in [0.15, 0.2) is 0 Å². The van der Waals surface area contributed by atoms with Gasteiger partial charge in [-0.1, -0.05) is 28.5 Å². The Balaban J connectivity index is 2.80. The van der Waals surface area contributed by atoms with Gasteiger partial charge >= 0.3 is 15.6 Å². The summed E-state index contributed by atoms with van der Waals surface area (Å²) in [6, 6.07) is 9.91. The van der Waals surface area contributed by atoms with Crippen molar-refractivity contribution in [3.8, 4) is 0 Å². The molecule has 0 fully saturated rings. The summed E-state index contributed by atoms with van der Waals surface area (Å²) in [5.74, 6) is 0. The maximum Gasteiger partial charge on any atom is 0.523 e. The van der Waals surface area contributed by atoms with Crippen molar-refractivity contribution in [3.63, 3.8) is 0 Å². The zero-order valence-electron chi connectivity index (χ0n) is 15.1. The third kappa shape index (κ3) is 3.63. The van der Waals surface area contributed by atoms with Crippen LogP contribution in [0.25, 0.3) is 0 Å². The minimum absolute atomic E-state index is 0.401. The normalized spacial score (nSPS) is 16.2. The number of aryl methyl sites for hydroxylation is 1. The summed E-state index contributed by atoms with van der Waals surface area (Å²) >= 11 is 0. The lowest BCUT2D eigenvalue weighted by molar-refractivity contribution is -0.0496. The quantitative estimate of drug-likeness (QED) is 0.625. The molecule has 0 heterocycles. The molecular weight excluding hydrogens is 385 g/mol. The Bertz CT molecular complexity index is 923. The summed E-state index contributed by atoms with van der Waals surface area (Å²) in [5, 5.41) is 0. The molecule has 0 spiro atoms. The molecule has 8 heteroatoms. The Morgan fingerprint density at radius 2 is 1.42 bits per heavy atom. The maximum absolute atomic E-state index is 13.0. The number of hydrogen-bond donors (Lipinski definition) is 0. The Morgan fingerprint density at radius 3 is 1.92 bits per heavy atom. The van der Waals surface area contributed by atoms with Gasteiger partial charge in [0.25, 0.3) is 0 Å². The van der Waals surface area contributed by atoms with Gasteiger partial charge in [-0.3, -0.25) is 0 Å². The van der Waals surface area contributed by atoms with Crippen LogP contribution in [0.1, 0.15) is 22.3 Å². The van der Waals surface area contributed by atoms with Gasteiger partial charge < -0.3 is 0 Å². The third-order valence-electron chi connectivity index (χ3n) is 4.56. The van der Waals surface area contributed by atoms with E-state index in [1.807, 2.05) is 20.8 Å². The van der Waals surface area contributed by atoms with Crippen molar-refractivity contribution in [2.75, 3.05) is 6.26 Å². The van der Waals surface area contributed by atoms with E-state index in [1.54, 1.807) is 43.3 Å². The number of alkyl halides is 3. The van der Waals surface area contributed by atoms with Crippen molar-refractivity contribution in [2.24, 2.45) is 0 Å². The lowest BCUT2D eigenvalue weighted by Gasteiger charge is -2.37. The lowest BCUT2D eigenvalue weighted by atomic mass is 10.00. The summed E-state index contributed by atoms with van der Waals surface area (Å²) in [4.78, 5) is 0.871. The van der Waals surface area contributed by atoms with E-state index in [2.05, 4.69) is 0 Å². The van der Waals surface area contributed by atoms with Crippen molar-refractivity contribution < 1.29 is 25.2 Å². The highest BCUT2D eigenvalue weighted by Crippen LogP contribution is 2.64. The average molecular weight is 406 g/mol. The summed E-state index contributed by atoms with van der Waals surface area (Å²) in [6.07, 6.45) is 1.43. The second-order valence-electron chi connectivity index (χ2n) is 6.19. The Labute approximate surface area is 153 Å². The van der Waals surface area contributed by atoms with Crippen LogP contribution in [0.5, 0.6) is 0 Å². The van der Waals surface area contributed by atoms with Gasteiger partial charge in [0.05, 0.1) is 0 Å². The van der Waals surface area contributed by atoms with E-state index >= 15 is 0 Å². The first-order valence-corrected chi connectivity index (χ1v) is 11.1. The summed E-state index contributed by atoms with van der Waals surface area (Å²) in [5.41, 5.74) is -1.97. The van der Waals surface area contributed by atoms with Gasteiger partial charge in [0.2, 0.25) is 0 Å². The fourth-order valence-electron chi connectivity index (χ4n) is 2.68. The molecular formula is C18H21F3O3S2. The van der Waals surface area contributed by atoms with Crippen molar-refractivity contribution in [1.82, 2.24) is 0 Å². The van der Waals surface area contributed by atoms with Crippen LogP contribution in [-0.2, 0) is 13.7 Å². The Hall–Kier alpha value is -1.51. The molecule has 2 rings (SSSR count). The van der Waals surface area contributed by atoms with E-state index in [4.69, 9.17) is 3.63 Å². The van der Waals surface area contributed by atoms with Gasteiger partial charge in [-0.25, -0.2) is 3.63 Å². The van der Waals surface area contributed by atoms with Crippen molar-refractivity contribution in [1.29, 1.82) is 0 Å². The van der Waals surface area contributed by atoms with E-state index < -0.39 is 25.9 Å². The number of halogens is 3. The maximum atomic E-state index is 13.0. The molecule has 0 amide bonds. The molecule has 0 aliphatic heterocycles. The Kier molecular flexibility index (Phi) is 5.52. The van der Waals surface area contributed by atoms with E-state index in [-0.39, 0.29) is 0 Å². The van der Waals surface area contributed by atoms with Crippen molar-refractivity contribution in [2.45, 2.75) is 43.0 Å². The summed E-state index contributed by atoms with van der Waals surface area (Å²) in [6.45, 7) is 7.40. The largest absolute Gasteiger partial charge is 0.523 e. The number of benzene rings is 2. The molecule has 1 atom stereocenters. The molecule has 26 heavy (non-hydrogen) atoms. The zero-order chi connectivity index (χ0) is 19.9. The zero-order valence-corrected chi connectivity index (χ0v) is 16.8. The average Bonchev–Trinajstić information content (AvgIpc) is 2.55. The predicted octanol–water partition coefficient (Wildman–Crippen LogP) is 5.55. The Morgan fingerprint density at radius 1 is 0.885 bits per heavy atom.